The average molecular weight is 187 g/mol. The molecule has 0 aliphatic rings. The monoisotopic (exact) mass is 187 g/mol. The van der Waals surface area contributed by atoms with Crippen molar-refractivity contribution in [2.75, 3.05) is 0 Å². The minimum Gasteiger partial charge on any atom is -0.353 e. The van der Waals surface area contributed by atoms with Crippen LogP contribution < -0.4 is 5.73 Å². The molecular formula is C10H11N4+. The number of rotatable bonds is 2. The molecule has 0 unspecified atom stereocenters. The van der Waals surface area contributed by atoms with Gasteiger partial charge in [-0.25, -0.2) is 9.97 Å². The van der Waals surface area contributed by atoms with Gasteiger partial charge in [0.1, 0.15) is 12.2 Å². The first-order valence-electron chi connectivity index (χ1n) is 4.43. The van der Waals surface area contributed by atoms with Gasteiger partial charge in [-0.05, 0) is 18.2 Å². The van der Waals surface area contributed by atoms with Crippen molar-refractivity contribution in [2.24, 2.45) is 0 Å². The van der Waals surface area contributed by atoms with Crippen LogP contribution in [0.5, 0.6) is 0 Å². The van der Waals surface area contributed by atoms with Crippen LogP contribution in [-0.2, 0) is 6.54 Å². The highest BCUT2D eigenvalue weighted by atomic mass is 14.9. The van der Waals surface area contributed by atoms with E-state index in [-0.39, 0.29) is 0 Å². The Morgan fingerprint density at radius 1 is 1.07 bits per heavy atom. The predicted octanol–water partition coefficient (Wildman–Crippen LogP) is 0.280. The fourth-order valence-electron chi connectivity index (χ4n) is 1.15. The standard InChI is InChI=1S/C10H10N4/c11-7-8-4-6-13-10(14-8)9-3-1-2-5-12-9/h1-6H,7,11H2/p+1. The molecule has 0 radical (unpaired) electrons. The van der Waals surface area contributed by atoms with E-state index in [2.05, 4.69) is 20.7 Å². The molecular weight excluding hydrogens is 176 g/mol. The molecule has 3 N–H and O–H groups in total. The van der Waals surface area contributed by atoms with Gasteiger partial charge in [-0.2, -0.15) is 0 Å². The highest BCUT2D eigenvalue weighted by molar-refractivity contribution is 5.47. The topological polar surface area (TPSA) is 66.3 Å². The Hall–Kier alpha value is -1.81. The predicted molar refractivity (Wildman–Crippen MR) is 51.9 cm³/mol. The Morgan fingerprint density at radius 3 is 2.71 bits per heavy atom. The lowest BCUT2D eigenvalue weighted by molar-refractivity contribution is -0.387. The second kappa shape index (κ2) is 3.93. The maximum atomic E-state index is 4.33. The van der Waals surface area contributed by atoms with Crippen molar-refractivity contribution in [2.45, 2.75) is 6.54 Å². The Morgan fingerprint density at radius 2 is 2.00 bits per heavy atom. The van der Waals surface area contributed by atoms with Crippen molar-refractivity contribution in [3.8, 4) is 11.5 Å². The van der Waals surface area contributed by atoms with Gasteiger partial charge in [0, 0.05) is 12.4 Å². The van der Waals surface area contributed by atoms with Gasteiger partial charge in [0.2, 0.25) is 0 Å². The summed E-state index contributed by atoms with van der Waals surface area (Å²) >= 11 is 0. The minimum absolute atomic E-state index is 0.659. The smallest absolute Gasteiger partial charge is 0.178 e. The van der Waals surface area contributed by atoms with E-state index in [9.17, 15) is 0 Å². The van der Waals surface area contributed by atoms with Crippen molar-refractivity contribution in [1.29, 1.82) is 0 Å². The number of pyridine rings is 1. The minimum atomic E-state index is 0.659. The van der Waals surface area contributed by atoms with Crippen molar-refractivity contribution < 1.29 is 5.73 Å². The molecule has 0 saturated carbocycles. The quantitative estimate of drug-likeness (QED) is 0.734. The van der Waals surface area contributed by atoms with Crippen LogP contribution in [0.25, 0.3) is 11.5 Å². The summed E-state index contributed by atoms with van der Waals surface area (Å²) in [5.41, 5.74) is 5.51. The lowest BCUT2D eigenvalue weighted by atomic mass is 10.3. The van der Waals surface area contributed by atoms with Crippen LogP contribution in [0.2, 0.25) is 0 Å². The maximum Gasteiger partial charge on any atom is 0.178 e. The van der Waals surface area contributed by atoms with Crippen LogP contribution in [0.3, 0.4) is 0 Å². The fraction of sp³-hybridized carbons (Fsp3) is 0.100. The molecule has 2 rings (SSSR count). The average Bonchev–Trinajstić information content (AvgIpc) is 2.30. The molecule has 2 aromatic rings. The Bertz CT molecular complexity index is 413. The van der Waals surface area contributed by atoms with E-state index in [0.29, 0.717) is 12.4 Å². The second-order valence-electron chi connectivity index (χ2n) is 2.84. The summed E-state index contributed by atoms with van der Waals surface area (Å²) in [7, 11) is 0. The first-order valence-corrected chi connectivity index (χ1v) is 4.43. The Balaban J connectivity index is 2.42. The van der Waals surface area contributed by atoms with Gasteiger partial charge in [0.05, 0.1) is 5.69 Å². The lowest BCUT2D eigenvalue weighted by Crippen LogP contribution is -2.47. The summed E-state index contributed by atoms with van der Waals surface area (Å²) in [5.74, 6) is 0.659. The summed E-state index contributed by atoms with van der Waals surface area (Å²) < 4.78 is 0. The molecule has 0 saturated heterocycles. The van der Waals surface area contributed by atoms with E-state index in [4.69, 9.17) is 0 Å². The third-order valence-electron chi connectivity index (χ3n) is 1.86. The molecule has 4 nitrogen and oxygen atoms in total. The van der Waals surface area contributed by atoms with Gasteiger partial charge in [-0.1, -0.05) is 6.07 Å². The zero-order valence-corrected chi connectivity index (χ0v) is 7.72. The molecule has 0 atom stereocenters. The van der Waals surface area contributed by atoms with E-state index in [0.717, 1.165) is 11.4 Å². The molecule has 0 aliphatic carbocycles. The molecule has 0 amide bonds. The summed E-state index contributed by atoms with van der Waals surface area (Å²) in [6.45, 7) is 0.669. The van der Waals surface area contributed by atoms with Crippen molar-refractivity contribution >= 4 is 0 Å². The van der Waals surface area contributed by atoms with Gasteiger partial charge in [-0.3, -0.25) is 4.98 Å². The van der Waals surface area contributed by atoms with Crippen LogP contribution in [0, 0.1) is 0 Å². The van der Waals surface area contributed by atoms with Gasteiger partial charge in [0.25, 0.3) is 0 Å². The van der Waals surface area contributed by atoms with Crippen LogP contribution in [0.1, 0.15) is 5.69 Å². The maximum absolute atomic E-state index is 4.33. The second-order valence-corrected chi connectivity index (χ2v) is 2.84. The number of nitrogens with zero attached hydrogens (tertiary/aromatic N) is 3. The van der Waals surface area contributed by atoms with Crippen LogP contribution in [0.4, 0.5) is 0 Å². The lowest BCUT2D eigenvalue weighted by Gasteiger charge is -1.99. The van der Waals surface area contributed by atoms with E-state index < -0.39 is 0 Å². The zero-order chi connectivity index (χ0) is 9.80. The molecule has 14 heavy (non-hydrogen) atoms. The van der Waals surface area contributed by atoms with Crippen LogP contribution in [-0.4, -0.2) is 15.0 Å². The van der Waals surface area contributed by atoms with E-state index in [1.165, 1.54) is 0 Å². The first kappa shape index (κ1) is 8.77. The van der Waals surface area contributed by atoms with Gasteiger partial charge in [0.15, 0.2) is 5.82 Å². The van der Waals surface area contributed by atoms with Gasteiger partial charge >= 0.3 is 0 Å². The molecule has 0 aliphatic heterocycles. The van der Waals surface area contributed by atoms with Gasteiger partial charge < -0.3 is 5.73 Å². The zero-order valence-electron chi connectivity index (χ0n) is 7.72. The Kier molecular flexibility index (Phi) is 2.46. The first-order chi connectivity index (χ1) is 6.90. The van der Waals surface area contributed by atoms with Crippen molar-refractivity contribution in [3.63, 3.8) is 0 Å². The molecule has 70 valence electrons. The normalized spacial score (nSPS) is 10.1. The number of hydrogen-bond donors (Lipinski definition) is 1. The molecule has 0 bridgehead atoms. The van der Waals surface area contributed by atoms with E-state index in [1.807, 2.05) is 24.3 Å². The highest BCUT2D eigenvalue weighted by Gasteiger charge is 2.02. The third-order valence-corrected chi connectivity index (χ3v) is 1.86. The van der Waals surface area contributed by atoms with E-state index in [1.54, 1.807) is 12.4 Å². The van der Waals surface area contributed by atoms with Crippen LogP contribution >= 0.6 is 0 Å². The number of quaternary nitrogens is 1. The SMILES string of the molecule is [NH3+]Cc1ccnc(-c2ccccn2)n1. The fourth-order valence-corrected chi connectivity index (χ4v) is 1.15. The molecule has 0 fully saturated rings. The molecule has 0 spiro atoms. The highest BCUT2D eigenvalue weighted by Crippen LogP contribution is 2.09. The van der Waals surface area contributed by atoms with E-state index >= 15 is 0 Å². The van der Waals surface area contributed by atoms with Crippen molar-refractivity contribution in [3.05, 3.63) is 42.4 Å². The van der Waals surface area contributed by atoms with Crippen molar-refractivity contribution in [1.82, 2.24) is 15.0 Å². The summed E-state index contributed by atoms with van der Waals surface area (Å²) in [5, 5.41) is 0. The van der Waals surface area contributed by atoms with Gasteiger partial charge in [-0.15, -0.1) is 0 Å². The molecule has 0 aromatic carbocycles. The Labute approximate surface area is 81.9 Å². The molecule has 2 aromatic heterocycles. The summed E-state index contributed by atoms with van der Waals surface area (Å²) in [4.78, 5) is 12.7. The summed E-state index contributed by atoms with van der Waals surface area (Å²) in [6, 6.07) is 7.54. The number of aromatic nitrogens is 3. The number of hydrogen-bond acceptors (Lipinski definition) is 3. The largest absolute Gasteiger partial charge is 0.353 e. The van der Waals surface area contributed by atoms with Crippen LogP contribution in [0.15, 0.2) is 36.7 Å². The third kappa shape index (κ3) is 1.75. The molecule has 4 heteroatoms. The summed E-state index contributed by atoms with van der Waals surface area (Å²) in [6.07, 6.45) is 3.47. The molecule has 2 heterocycles.